The van der Waals surface area contributed by atoms with Gasteiger partial charge in [-0.3, -0.25) is 4.79 Å². The number of carboxylic acid groups (broad SMARTS) is 1. The molecule has 0 spiro atoms. The number of halogens is 2. The standard InChI is InChI=1S/C24H22Cl2N2O3S/c1-14-13-27-10-9-19(14)28(23(29)17-8-7-16(25)11-18(17)26)20-12-21(32-22(20)24(30)31)15-5-3-2-4-6-15/h2-8,11-12,14,19,27H,9-10,13H2,1H3,(H,30,31). The number of hydrogen-bond acceptors (Lipinski definition) is 4. The number of thiophene rings is 1. The van der Waals surface area contributed by atoms with Crippen LogP contribution < -0.4 is 10.2 Å². The first-order chi connectivity index (χ1) is 15.4. The number of nitrogens with one attached hydrogen (secondary N) is 1. The summed E-state index contributed by atoms with van der Waals surface area (Å²) in [5.41, 5.74) is 1.60. The van der Waals surface area contributed by atoms with Gasteiger partial charge in [-0.2, -0.15) is 0 Å². The third kappa shape index (κ3) is 4.55. The van der Waals surface area contributed by atoms with Crippen molar-refractivity contribution in [3.8, 4) is 10.4 Å². The zero-order valence-electron chi connectivity index (χ0n) is 17.3. The summed E-state index contributed by atoms with van der Waals surface area (Å²) in [6.45, 7) is 3.54. The Morgan fingerprint density at radius 3 is 2.53 bits per heavy atom. The summed E-state index contributed by atoms with van der Waals surface area (Å²) in [4.78, 5) is 28.6. The number of aromatic carboxylic acids is 1. The predicted octanol–water partition coefficient (Wildman–Crippen LogP) is 6.06. The Balaban J connectivity index is 1.87. The zero-order valence-corrected chi connectivity index (χ0v) is 19.7. The highest BCUT2D eigenvalue weighted by atomic mass is 35.5. The molecule has 0 radical (unpaired) electrons. The first-order valence-electron chi connectivity index (χ1n) is 10.3. The fourth-order valence-electron chi connectivity index (χ4n) is 4.07. The van der Waals surface area contributed by atoms with Crippen molar-refractivity contribution in [2.24, 2.45) is 5.92 Å². The third-order valence-electron chi connectivity index (χ3n) is 5.68. The topological polar surface area (TPSA) is 69.6 Å². The van der Waals surface area contributed by atoms with E-state index < -0.39 is 5.97 Å². The van der Waals surface area contributed by atoms with Crippen LogP contribution in [-0.2, 0) is 0 Å². The minimum atomic E-state index is -1.06. The molecule has 1 amide bonds. The van der Waals surface area contributed by atoms with Crippen LogP contribution in [0.15, 0.2) is 54.6 Å². The molecule has 2 unspecified atom stereocenters. The highest BCUT2D eigenvalue weighted by Crippen LogP contribution is 2.40. The summed E-state index contributed by atoms with van der Waals surface area (Å²) in [5, 5.41) is 14.0. The van der Waals surface area contributed by atoms with Crippen molar-refractivity contribution in [2.45, 2.75) is 19.4 Å². The molecule has 2 aromatic carbocycles. The lowest BCUT2D eigenvalue weighted by molar-refractivity contribution is 0.0702. The van der Waals surface area contributed by atoms with Crippen LogP contribution in [0, 0.1) is 5.92 Å². The molecular formula is C24H22Cl2N2O3S. The summed E-state index contributed by atoms with van der Waals surface area (Å²) in [6.07, 6.45) is 0.702. The van der Waals surface area contributed by atoms with E-state index >= 15 is 0 Å². The molecule has 0 bridgehead atoms. The Bertz CT molecular complexity index is 1150. The van der Waals surface area contributed by atoms with E-state index in [0.29, 0.717) is 22.7 Å². The van der Waals surface area contributed by atoms with Crippen molar-refractivity contribution in [1.82, 2.24) is 5.32 Å². The number of anilines is 1. The lowest BCUT2D eigenvalue weighted by Crippen LogP contribution is -2.51. The fraction of sp³-hybridized carbons (Fsp3) is 0.250. The van der Waals surface area contributed by atoms with Gasteiger partial charge in [0.05, 0.1) is 16.3 Å². The van der Waals surface area contributed by atoms with E-state index in [0.717, 1.165) is 23.5 Å². The smallest absolute Gasteiger partial charge is 0.348 e. The Morgan fingerprint density at radius 2 is 1.88 bits per heavy atom. The fourth-order valence-corrected chi connectivity index (χ4v) is 5.56. The molecule has 1 aliphatic rings. The van der Waals surface area contributed by atoms with Gasteiger partial charge in [-0.25, -0.2) is 4.79 Å². The molecule has 2 N–H and O–H groups in total. The molecule has 0 saturated carbocycles. The van der Waals surface area contributed by atoms with E-state index in [1.165, 1.54) is 17.4 Å². The van der Waals surface area contributed by atoms with Gasteiger partial charge < -0.3 is 15.3 Å². The van der Waals surface area contributed by atoms with Crippen molar-refractivity contribution in [3.63, 3.8) is 0 Å². The molecule has 32 heavy (non-hydrogen) atoms. The quantitative estimate of drug-likeness (QED) is 0.457. The van der Waals surface area contributed by atoms with Gasteiger partial charge in [0.15, 0.2) is 0 Å². The van der Waals surface area contributed by atoms with Gasteiger partial charge in [0.2, 0.25) is 0 Å². The number of piperidine rings is 1. The number of carbonyl (C=O) groups is 2. The van der Waals surface area contributed by atoms with E-state index in [-0.39, 0.29) is 27.8 Å². The monoisotopic (exact) mass is 488 g/mol. The minimum absolute atomic E-state index is 0.125. The first-order valence-corrected chi connectivity index (χ1v) is 11.9. The second kappa shape index (κ2) is 9.63. The molecule has 8 heteroatoms. The van der Waals surface area contributed by atoms with Crippen LogP contribution in [-0.4, -0.2) is 36.1 Å². The first kappa shape index (κ1) is 22.8. The maximum atomic E-state index is 13.8. The van der Waals surface area contributed by atoms with Crippen molar-refractivity contribution >= 4 is 52.1 Å². The molecule has 4 rings (SSSR count). The SMILES string of the molecule is CC1CNCCC1N(C(=O)c1ccc(Cl)cc1Cl)c1cc(-c2ccccc2)sc1C(=O)O. The van der Waals surface area contributed by atoms with Crippen LogP contribution in [0.5, 0.6) is 0 Å². The van der Waals surface area contributed by atoms with Crippen LogP contribution >= 0.6 is 34.5 Å². The van der Waals surface area contributed by atoms with Gasteiger partial charge in [-0.05, 0) is 55.3 Å². The number of carbonyl (C=O) groups excluding carboxylic acids is 1. The average Bonchev–Trinajstić information content (AvgIpc) is 3.21. The predicted molar refractivity (Wildman–Crippen MR) is 130 cm³/mol. The second-order valence-electron chi connectivity index (χ2n) is 7.83. The van der Waals surface area contributed by atoms with E-state index in [2.05, 4.69) is 12.2 Å². The van der Waals surface area contributed by atoms with Gasteiger partial charge in [-0.15, -0.1) is 11.3 Å². The molecule has 2 heterocycles. The van der Waals surface area contributed by atoms with Crippen LogP contribution in [0.25, 0.3) is 10.4 Å². The van der Waals surface area contributed by atoms with Gasteiger partial charge in [-0.1, -0.05) is 60.5 Å². The maximum Gasteiger partial charge on any atom is 0.348 e. The lowest BCUT2D eigenvalue weighted by atomic mass is 9.92. The summed E-state index contributed by atoms with van der Waals surface area (Å²) in [6, 6.07) is 15.9. The molecular weight excluding hydrogens is 467 g/mol. The number of carboxylic acids is 1. The summed E-state index contributed by atoms with van der Waals surface area (Å²) >= 11 is 13.6. The Kier molecular flexibility index (Phi) is 6.86. The van der Waals surface area contributed by atoms with E-state index in [1.54, 1.807) is 23.1 Å². The van der Waals surface area contributed by atoms with Crippen LogP contribution in [0.4, 0.5) is 5.69 Å². The van der Waals surface area contributed by atoms with Gasteiger partial charge >= 0.3 is 5.97 Å². The molecule has 2 atom stereocenters. The van der Waals surface area contributed by atoms with E-state index in [9.17, 15) is 14.7 Å². The maximum absolute atomic E-state index is 13.8. The van der Waals surface area contributed by atoms with Crippen LogP contribution in [0.3, 0.4) is 0 Å². The van der Waals surface area contributed by atoms with Crippen molar-refractivity contribution in [2.75, 3.05) is 18.0 Å². The van der Waals surface area contributed by atoms with Gasteiger partial charge in [0, 0.05) is 15.9 Å². The lowest BCUT2D eigenvalue weighted by Gasteiger charge is -2.39. The largest absolute Gasteiger partial charge is 0.477 e. The summed E-state index contributed by atoms with van der Waals surface area (Å²) < 4.78 is 0. The highest BCUT2D eigenvalue weighted by Gasteiger charge is 2.36. The number of hydrogen-bond donors (Lipinski definition) is 2. The summed E-state index contributed by atoms with van der Waals surface area (Å²) in [5.74, 6) is -1.26. The van der Waals surface area contributed by atoms with Crippen LogP contribution in [0.2, 0.25) is 10.0 Å². The second-order valence-corrected chi connectivity index (χ2v) is 9.73. The number of nitrogens with zero attached hydrogens (tertiary/aromatic N) is 1. The minimum Gasteiger partial charge on any atom is -0.477 e. The van der Waals surface area contributed by atoms with Gasteiger partial charge in [0.25, 0.3) is 5.91 Å². The van der Waals surface area contributed by atoms with Gasteiger partial charge in [0.1, 0.15) is 4.88 Å². The van der Waals surface area contributed by atoms with E-state index in [4.69, 9.17) is 23.2 Å². The number of rotatable bonds is 5. The molecule has 3 aromatic rings. The average molecular weight is 489 g/mol. The Hall–Kier alpha value is -2.38. The molecule has 0 aliphatic carbocycles. The van der Waals surface area contributed by atoms with Crippen molar-refractivity contribution in [1.29, 1.82) is 0 Å². The van der Waals surface area contributed by atoms with Crippen molar-refractivity contribution < 1.29 is 14.7 Å². The molecule has 1 saturated heterocycles. The number of benzene rings is 2. The molecule has 1 fully saturated rings. The summed E-state index contributed by atoms with van der Waals surface area (Å²) in [7, 11) is 0. The molecule has 1 aromatic heterocycles. The van der Waals surface area contributed by atoms with E-state index in [1.807, 2.05) is 30.3 Å². The van der Waals surface area contributed by atoms with Crippen molar-refractivity contribution in [3.05, 3.63) is 75.1 Å². The Morgan fingerprint density at radius 1 is 1.12 bits per heavy atom. The Labute approximate surface area is 200 Å². The zero-order chi connectivity index (χ0) is 22.8. The normalized spacial score (nSPS) is 18.3. The number of amides is 1. The third-order valence-corrected chi connectivity index (χ3v) is 7.39. The molecule has 1 aliphatic heterocycles. The highest BCUT2D eigenvalue weighted by molar-refractivity contribution is 7.18. The van der Waals surface area contributed by atoms with Crippen LogP contribution in [0.1, 0.15) is 33.4 Å². The molecule has 166 valence electrons. The molecule has 5 nitrogen and oxygen atoms in total.